The minimum Gasteiger partial charge on any atom is -0.325 e. The number of anilines is 1. The third-order valence-electron chi connectivity index (χ3n) is 5.31. The number of rotatable bonds is 7. The van der Waals surface area contributed by atoms with Gasteiger partial charge in [0.25, 0.3) is 5.56 Å². The smallest absolute Gasteiger partial charge is 0.262 e. The summed E-state index contributed by atoms with van der Waals surface area (Å²) in [6, 6.07) is 15.2. The van der Waals surface area contributed by atoms with Crippen molar-refractivity contribution in [1.29, 1.82) is 0 Å². The van der Waals surface area contributed by atoms with Crippen LogP contribution in [0.3, 0.4) is 0 Å². The summed E-state index contributed by atoms with van der Waals surface area (Å²) in [6.45, 7) is 10.0. The SMILES string of the molecule is CC[C@H](C)c1ccccc1NC(=O)[C@H](C)Sc1nc2ccccc2c(=O)n1C(C)C. The highest BCUT2D eigenvalue weighted by atomic mass is 32.2. The van der Waals surface area contributed by atoms with Gasteiger partial charge in [-0.2, -0.15) is 0 Å². The van der Waals surface area contributed by atoms with E-state index in [0.717, 1.165) is 17.7 Å². The van der Waals surface area contributed by atoms with Crippen molar-refractivity contribution in [3.8, 4) is 0 Å². The van der Waals surface area contributed by atoms with Gasteiger partial charge in [-0.05, 0) is 56.9 Å². The first-order valence-electron chi connectivity index (χ1n) is 10.4. The third kappa shape index (κ3) is 4.59. The maximum absolute atomic E-state index is 13.0. The molecular formula is C24H29N3O2S. The lowest BCUT2D eigenvalue weighted by Gasteiger charge is -2.20. The van der Waals surface area contributed by atoms with E-state index in [1.807, 2.05) is 57.2 Å². The molecule has 1 heterocycles. The number of thioether (sulfide) groups is 1. The first-order chi connectivity index (χ1) is 14.3. The molecule has 0 bridgehead atoms. The molecule has 1 aromatic heterocycles. The molecule has 0 aliphatic carbocycles. The Morgan fingerprint density at radius 2 is 1.73 bits per heavy atom. The van der Waals surface area contributed by atoms with Crippen molar-refractivity contribution in [3.63, 3.8) is 0 Å². The molecule has 0 aliphatic heterocycles. The van der Waals surface area contributed by atoms with Crippen LogP contribution in [0.2, 0.25) is 0 Å². The highest BCUT2D eigenvalue weighted by Crippen LogP contribution is 2.29. The van der Waals surface area contributed by atoms with E-state index >= 15 is 0 Å². The molecule has 0 saturated heterocycles. The molecule has 30 heavy (non-hydrogen) atoms. The summed E-state index contributed by atoms with van der Waals surface area (Å²) in [6.07, 6.45) is 0.999. The van der Waals surface area contributed by atoms with E-state index in [0.29, 0.717) is 22.0 Å². The second kappa shape index (κ2) is 9.47. The zero-order chi connectivity index (χ0) is 21.8. The molecule has 3 aromatic rings. The van der Waals surface area contributed by atoms with Gasteiger partial charge in [0.2, 0.25) is 5.91 Å². The van der Waals surface area contributed by atoms with Crippen molar-refractivity contribution in [3.05, 3.63) is 64.4 Å². The fourth-order valence-corrected chi connectivity index (χ4v) is 4.41. The number of carbonyl (C=O) groups excluding carboxylic acids is 1. The van der Waals surface area contributed by atoms with Crippen LogP contribution in [0, 0.1) is 0 Å². The van der Waals surface area contributed by atoms with Gasteiger partial charge in [0, 0.05) is 11.7 Å². The number of fused-ring (bicyclic) bond motifs is 1. The topological polar surface area (TPSA) is 64.0 Å². The van der Waals surface area contributed by atoms with Crippen molar-refractivity contribution >= 4 is 34.3 Å². The molecule has 0 radical (unpaired) electrons. The number of nitrogens with zero attached hydrogens (tertiary/aromatic N) is 2. The third-order valence-corrected chi connectivity index (χ3v) is 6.37. The van der Waals surface area contributed by atoms with Crippen molar-refractivity contribution in [2.24, 2.45) is 0 Å². The normalized spacial score (nSPS) is 13.4. The molecular weight excluding hydrogens is 394 g/mol. The van der Waals surface area contributed by atoms with Gasteiger partial charge in [-0.1, -0.05) is 55.9 Å². The van der Waals surface area contributed by atoms with Crippen LogP contribution in [-0.4, -0.2) is 20.7 Å². The van der Waals surface area contributed by atoms with E-state index < -0.39 is 5.25 Å². The molecule has 3 rings (SSSR count). The number of carbonyl (C=O) groups is 1. The highest BCUT2D eigenvalue weighted by molar-refractivity contribution is 8.00. The summed E-state index contributed by atoms with van der Waals surface area (Å²) in [7, 11) is 0. The first-order valence-corrected chi connectivity index (χ1v) is 11.3. The van der Waals surface area contributed by atoms with Gasteiger partial charge in [-0.25, -0.2) is 4.98 Å². The Hall–Kier alpha value is -2.60. The molecule has 2 atom stereocenters. The van der Waals surface area contributed by atoms with Gasteiger partial charge < -0.3 is 5.32 Å². The van der Waals surface area contributed by atoms with Crippen LogP contribution in [0.25, 0.3) is 10.9 Å². The molecule has 6 heteroatoms. The van der Waals surface area contributed by atoms with E-state index in [1.165, 1.54) is 11.8 Å². The Bertz CT molecular complexity index is 1110. The largest absolute Gasteiger partial charge is 0.325 e. The molecule has 1 amide bonds. The maximum atomic E-state index is 13.0. The maximum Gasteiger partial charge on any atom is 0.262 e. The van der Waals surface area contributed by atoms with Gasteiger partial charge in [-0.15, -0.1) is 0 Å². The summed E-state index contributed by atoms with van der Waals surface area (Å²) in [4.78, 5) is 30.6. The van der Waals surface area contributed by atoms with Gasteiger partial charge >= 0.3 is 0 Å². The quantitative estimate of drug-likeness (QED) is 0.396. The number of hydrogen-bond acceptors (Lipinski definition) is 4. The second-order valence-corrected chi connectivity index (χ2v) is 9.13. The lowest BCUT2D eigenvalue weighted by molar-refractivity contribution is -0.115. The van der Waals surface area contributed by atoms with Crippen LogP contribution < -0.4 is 10.9 Å². The molecule has 2 aromatic carbocycles. The predicted molar refractivity (Wildman–Crippen MR) is 125 cm³/mol. The average molecular weight is 424 g/mol. The Morgan fingerprint density at radius 1 is 1.07 bits per heavy atom. The number of nitrogens with one attached hydrogen (secondary N) is 1. The lowest BCUT2D eigenvalue weighted by atomic mass is 9.97. The van der Waals surface area contributed by atoms with E-state index in [2.05, 4.69) is 25.2 Å². The van der Waals surface area contributed by atoms with E-state index in [9.17, 15) is 9.59 Å². The number of benzene rings is 2. The fourth-order valence-electron chi connectivity index (χ4n) is 3.37. The lowest BCUT2D eigenvalue weighted by Crippen LogP contribution is -2.28. The van der Waals surface area contributed by atoms with Crippen LogP contribution >= 0.6 is 11.8 Å². The van der Waals surface area contributed by atoms with Gasteiger partial charge in [0.05, 0.1) is 16.2 Å². The number of aromatic nitrogens is 2. The summed E-state index contributed by atoms with van der Waals surface area (Å²) in [5.74, 6) is 0.256. The van der Waals surface area contributed by atoms with Crippen LogP contribution in [0.5, 0.6) is 0 Å². The number of hydrogen-bond donors (Lipinski definition) is 1. The van der Waals surface area contributed by atoms with Crippen molar-refractivity contribution < 1.29 is 4.79 Å². The Kier molecular flexibility index (Phi) is 6.98. The highest BCUT2D eigenvalue weighted by Gasteiger charge is 2.21. The van der Waals surface area contributed by atoms with Gasteiger partial charge in [0.15, 0.2) is 5.16 Å². The molecule has 0 spiro atoms. The van der Waals surface area contributed by atoms with Crippen LogP contribution in [0.15, 0.2) is 58.5 Å². The van der Waals surface area contributed by atoms with Crippen molar-refractivity contribution in [2.75, 3.05) is 5.32 Å². The van der Waals surface area contributed by atoms with Gasteiger partial charge in [0.1, 0.15) is 0 Å². The van der Waals surface area contributed by atoms with Gasteiger partial charge in [-0.3, -0.25) is 14.2 Å². The van der Waals surface area contributed by atoms with E-state index in [-0.39, 0.29) is 17.5 Å². The second-order valence-electron chi connectivity index (χ2n) is 7.83. The summed E-state index contributed by atoms with van der Waals surface area (Å²) >= 11 is 1.31. The molecule has 0 unspecified atom stereocenters. The fraction of sp³-hybridized carbons (Fsp3) is 0.375. The minimum absolute atomic E-state index is 0.0569. The monoisotopic (exact) mass is 423 g/mol. The Morgan fingerprint density at radius 3 is 2.43 bits per heavy atom. The molecule has 0 aliphatic rings. The minimum atomic E-state index is -0.409. The molecule has 158 valence electrons. The van der Waals surface area contributed by atoms with Crippen molar-refractivity contribution in [1.82, 2.24) is 9.55 Å². The standard InChI is InChI=1S/C24H29N3O2S/c1-6-16(4)18-11-7-9-13-20(18)25-22(28)17(5)30-24-26-21-14-10-8-12-19(21)23(29)27(24)15(2)3/h7-17H,6H2,1-5H3,(H,25,28)/t16-,17-/m0/s1. The summed E-state index contributed by atoms with van der Waals surface area (Å²) < 4.78 is 1.67. The summed E-state index contributed by atoms with van der Waals surface area (Å²) in [5, 5.41) is 3.82. The first kappa shape index (κ1) is 22.1. The number of para-hydroxylation sites is 2. The average Bonchev–Trinajstić information content (AvgIpc) is 2.73. The predicted octanol–water partition coefficient (Wildman–Crippen LogP) is 5.61. The molecule has 0 fully saturated rings. The van der Waals surface area contributed by atoms with Crippen LogP contribution in [0.4, 0.5) is 5.69 Å². The Labute approximate surface area is 181 Å². The van der Waals surface area contributed by atoms with Crippen LogP contribution in [-0.2, 0) is 4.79 Å². The van der Waals surface area contributed by atoms with E-state index in [1.54, 1.807) is 10.6 Å². The Balaban J connectivity index is 1.88. The van der Waals surface area contributed by atoms with Crippen molar-refractivity contribution in [2.45, 2.75) is 63.4 Å². The van der Waals surface area contributed by atoms with E-state index in [4.69, 9.17) is 4.98 Å². The molecule has 5 nitrogen and oxygen atoms in total. The molecule has 1 N–H and O–H groups in total. The zero-order valence-corrected chi connectivity index (χ0v) is 19.0. The summed E-state index contributed by atoms with van der Waals surface area (Å²) in [5.41, 5.74) is 2.55. The molecule has 0 saturated carbocycles. The zero-order valence-electron chi connectivity index (χ0n) is 18.2. The number of amides is 1. The van der Waals surface area contributed by atoms with Crippen LogP contribution in [0.1, 0.15) is 58.6 Å².